The molecule has 0 atom stereocenters. The molecule has 1 saturated heterocycles. The van der Waals surface area contributed by atoms with Crippen LogP contribution in [0.3, 0.4) is 0 Å². The average molecular weight is 418 g/mol. The summed E-state index contributed by atoms with van der Waals surface area (Å²) < 4.78 is 19.6. The van der Waals surface area contributed by atoms with Crippen molar-refractivity contribution in [2.75, 3.05) is 19.3 Å². The first kappa shape index (κ1) is 21.1. The van der Waals surface area contributed by atoms with Crippen LogP contribution in [-0.2, 0) is 4.79 Å². The van der Waals surface area contributed by atoms with Crippen molar-refractivity contribution in [3.8, 4) is 11.6 Å². The van der Waals surface area contributed by atoms with Crippen molar-refractivity contribution in [2.24, 2.45) is 0 Å². The van der Waals surface area contributed by atoms with E-state index >= 15 is 0 Å². The fraction of sp³-hybridized carbons (Fsp3) is 0.381. The van der Waals surface area contributed by atoms with Gasteiger partial charge in [-0.05, 0) is 49.8 Å². The topological polar surface area (TPSA) is 71.5 Å². The van der Waals surface area contributed by atoms with E-state index in [1.165, 1.54) is 6.92 Å². The SMILES string of the molecule is CSc1cc(Oc2ncc(F)cc2C(=O)NC2CCN(C(C)=O)CC2)ccc1C. The third-order valence-corrected chi connectivity index (χ3v) is 5.81. The Labute approximate surface area is 173 Å². The summed E-state index contributed by atoms with van der Waals surface area (Å²) in [6, 6.07) is 6.62. The summed E-state index contributed by atoms with van der Waals surface area (Å²) in [5, 5.41) is 2.91. The number of nitrogens with zero attached hydrogens (tertiary/aromatic N) is 2. The molecule has 2 aromatic rings. The Balaban J connectivity index is 1.75. The summed E-state index contributed by atoms with van der Waals surface area (Å²) in [6.07, 6.45) is 4.30. The fourth-order valence-electron chi connectivity index (χ4n) is 3.25. The lowest BCUT2D eigenvalue weighted by atomic mass is 10.0. The first-order valence-corrected chi connectivity index (χ1v) is 10.6. The summed E-state index contributed by atoms with van der Waals surface area (Å²) in [5.41, 5.74) is 1.16. The quantitative estimate of drug-likeness (QED) is 0.750. The molecule has 6 nitrogen and oxygen atoms in total. The number of pyridine rings is 1. The van der Waals surface area contributed by atoms with Crippen molar-refractivity contribution in [1.82, 2.24) is 15.2 Å². The van der Waals surface area contributed by atoms with Gasteiger partial charge in [-0.3, -0.25) is 9.59 Å². The zero-order chi connectivity index (χ0) is 21.0. The summed E-state index contributed by atoms with van der Waals surface area (Å²) >= 11 is 1.59. The highest BCUT2D eigenvalue weighted by Gasteiger charge is 2.24. The van der Waals surface area contributed by atoms with E-state index in [1.807, 2.05) is 25.3 Å². The maximum atomic E-state index is 13.8. The predicted octanol–water partition coefficient (Wildman–Crippen LogP) is 3.78. The van der Waals surface area contributed by atoms with Crippen LogP contribution in [0.4, 0.5) is 4.39 Å². The highest BCUT2D eigenvalue weighted by molar-refractivity contribution is 7.98. The molecule has 29 heavy (non-hydrogen) atoms. The minimum Gasteiger partial charge on any atom is -0.438 e. The number of thioether (sulfide) groups is 1. The first-order chi connectivity index (χ1) is 13.9. The monoisotopic (exact) mass is 417 g/mol. The Bertz CT molecular complexity index is 914. The van der Waals surface area contributed by atoms with Crippen LogP contribution in [0.1, 0.15) is 35.7 Å². The van der Waals surface area contributed by atoms with Gasteiger partial charge in [-0.25, -0.2) is 9.37 Å². The Hall–Kier alpha value is -2.61. The Morgan fingerprint density at radius 3 is 2.66 bits per heavy atom. The minimum absolute atomic E-state index is 0.0301. The highest BCUT2D eigenvalue weighted by atomic mass is 32.2. The van der Waals surface area contributed by atoms with Crippen LogP contribution < -0.4 is 10.1 Å². The van der Waals surface area contributed by atoms with E-state index in [2.05, 4.69) is 10.3 Å². The van der Waals surface area contributed by atoms with Gasteiger partial charge >= 0.3 is 0 Å². The van der Waals surface area contributed by atoms with E-state index in [0.717, 1.165) is 22.7 Å². The zero-order valence-corrected chi connectivity index (χ0v) is 17.5. The van der Waals surface area contributed by atoms with E-state index < -0.39 is 11.7 Å². The van der Waals surface area contributed by atoms with Crippen LogP contribution in [0.2, 0.25) is 0 Å². The van der Waals surface area contributed by atoms with Gasteiger partial charge in [0.05, 0.1) is 6.20 Å². The van der Waals surface area contributed by atoms with Gasteiger partial charge in [0.2, 0.25) is 11.8 Å². The molecule has 2 amide bonds. The molecule has 1 aliphatic heterocycles. The maximum Gasteiger partial charge on any atom is 0.257 e. The number of hydrogen-bond donors (Lipinski definition) is 1. The predicted molar refractivity (Wildman–Crippen MR) is 110 cm³/mol. The molecule has 3 rings (SSSR count). The van der Waals surface area contributed by atoms with Gasteiger partial charge in [0.1, 0.15) is 17.1 Å². The fourth-order valence-corrected chi connectivity index (χ4v) is 3.87. The van der Waals surface area contributed by atoms with Gasteiger partial charge < -0.3 is 15.0 Å². The number of carbonyl (C=O) groups excluding carboxylic acids is 2. The van der Waals surface area contributed by atoms with Crippen molar-refractivity contribution in [2.45, 2.75) is 37.6 Å². The standard InChI is InChI=1S/C21H24FN3O3S/c1-13-4-5-17(11-19(13)29-3)28-21-18(10-15(22)12-23-21)20(27)24-16-6-8-25(9-7-16)14(2)26/h4-5,10-12,16H,6-9H2,1-3H3,(H,24,27). The number of benzene rings is 1. The number of amides is 2. The maximum absolute atomic E-state index is 13.8. The molecular formula is C21H24FN3O3S. The lowest BCUT2D eigenvalue weighted by Crippen LogP contribution is -2.46. The number of likely N-dealkylation sites (tertiary alicyclic amines) is 1. The van der Waals surface area contributed by atoms with Gasteiger partial charge in [0, 0.05) is 31.0 Å². The number of nitrogens with one attached hydrogen (secondary N) is 1. The Morgan fingerprint density at radius 2 is 2.00 bits per heavy atom. The van der Waals surface area contributed by atoms with E-state index in [4.69, 9.17) is 4.74 Å². The van der Waals surface area contributed by atoms with E-state index in [9.17, 15) is 14.0 Å². The number of piperidine rings is 1. The normalized spacial score (nSPS) is 14.6. The number of carbonyl (C=O) groups is 2. The third-order valence-electron chi connectivity index (χ3n) is 4.93. The Kier molecular flexibility index (Phi) is 6.74. The van der Waals surface area contributed by atoms with Crippen LogP contribution >= 0.6 is 11.8 Å². The molecule has 0 unspecified atom stereocenters. The lowest BCUT2D eigenvalue weighted by Gasteiger charge is -2.31. The van der Waals surface area contributed by atoms with Crippen LogP contribution in [0, 0.1) is 12.7 Å². The van der Waals surface area contributed by atoms with Gasteiger partial charge in [0.25, 0.3) is 5.91 Å². The van der Waals surface area contributed by atoms with Crippen LogP contribution in [0.25, 0.3) is 0 Å². The first-order valence-electron chi connectivity index (χ1n) is 9.41. The molecule has 1 fully saturated rings. The van der Waals surface area contributed by atoms with Crippen molar-refractivity contribution in [1.29, 1.82) is 0 Å². The van der Waals surface area contributed by atoms with Gasteiger partial charge in [0.15, 0.2) is 0 Å². The van der Waals surface area contributed by atoms with Crippen molar-refractivity contribution < 1.29 is 18.7 Å². The molecule has 1 N–H and O–H groups in total. The van der Waals surface area contributed by atoms with E-state index in [0.29, 0.717) is 31.7 Å². The molecule has 0 spiro atoms. The lowest BCUT2D eigenvalue weighted by molar-refractivity contribution is -0.129. The van der Waals surface area contributed by atoms with Gasteiger partial charge in [-0.2, -0.15) is 0 Å². The van der Waals surface area contributed by atoms with Crippen molar-refractivity contribution >= 4 is 23.6 Å². The third kappa shape index (κ3) is 5.26. The average Bonchev–Trinajstić information content (AvgIpc) is 2.71. The van der Waals surface area contributed by atoms with Crippen LogP contribution in [0.5, 0.6) is 11.6 Å². The molecule has 2 heterocycles. The molecule has 0 saturated carbocycles. The molecule has 1 aromatic heterocycles. The second-order valence-electron chi connectivity index (χ2n) is 6.99. The summed E-state index contributed by atoms with van der Waals surface area (Å²) in [6.45, 7) is 4.72. The number of aromatic nitrogens is 1. The molecule has 1 aliphatic rings. The highest BCUT2D eigenvalue weighted by Crippen LogP contribution is 2.29. The zero-order valence-electron chi connectivity index (χ0n) is 16.7. The van der Waals surface area contributed by atoms with Crippen LogP contribution in [0.15, 0.2) is 35.4 Å². The van der Waals surface area contributed by atoms with E-state index in [-0.39, 0.29) is 23.4 Å². The number of halogens is 1. The smallest absolute Gasteiger partial charge is 0.257 e. The molecule has 0 radical (unpaired) electrons. The second-order valence-corrected chi connectivity index (χ2v) is 7.84. The van der Waals surface area contributed by atoms with Crippen molar-refractivity contribution in [3.63, 3.8) is 0 Å². The molecule has 1 aromatic carbocycles. The van der Waals surface area contributed by atoms with Crippen molar-refractivity contribution in [3.05, 3.63) is 47.4 Å². The number of hydrogen-bond acceptors (Lipinski definition) is 5. The molecule has 8 heteroatoms. The number of rotatable bonds is 5. The van der Waals surface area contributed by atoms with E-state index in [1.54, 1.807) is 22.7 Å². The number of ether oxygens (including phenoxy) is 1. The summed E-state index contributed by atoms with van der Waals surface area (Å²) in [7, 11) is 0. The Morgan fingerprint density at radius 1 is 1.28 bits per heavy atom. The second kappa shape index (κ2) is 9.26. The minimum atomic E-state index is -0.609. The van der Waals surface area contributed by atoms with Gasteiger partial charge in [-0.1, -0.05) is 6.07 Å². The molecule has 154 valence electrons. The number of aryl methyl sites for hydroxylation is 1. The summed E-state index contributed by atoms with van der Waals surface area (Å²) in [5.74, 6) is -0.431. The largest absolute Gasteiger partial charge is 0.438 e. The van der Waals surface area contributed by atoms with Gasteiger partial charge in [-0.15, -0.1) is 11.8 Å². The molecule has 0 aliphatic carbocycles. The summed E-state index contributed by atoms with van der Waals surface area (Å²) in [4.78, 5) is 31.0. The van der Waals surface area contributed by atoms with Crippen LogP contribution in [-0.4, -0.2) is 47.1 Å². The molecule has 0 bridgehead atoms. The molecular weight excluding hydrogens is 393 g/mol.